The van der Waals surface area contributed by atoms with Gasteiger partial charge in [0.25, 0.3) is 5.91 Å². The molecular weight excluding hydrogens is 324 g/mol. The van der Waals surface area contributed by atoms with Gasteiger partial charge in [-0.2, -0.15) is 0 Å². The number of hydrogen-bond donors (Lipinski definition) is 2. The summed E-state index contributed by atoms with van der Waals surface area (Å²) in [6.07, 6.45) is 4.12. The van der Waals surface area contributed by atoms with Crippen LogP contribution in [0.1, 0.15) is 41.7 Å². The molecule has 0 bridgehead atoms. The summed E-state index contributed by atoms with van der Waals surface area (Å²) in [7, 11) is 0. The van der Waals surface area contributed by atoms with Gasteiger partial charge in [0.05, 0.1) is 11.2 Å². The van der Waals surface area contributed by atoms with Crippen LogP contribution in [0.5, 0.6) is 5.75 Å². The second-order valence-electron chi connectivity index (χ2n) is 6.10. The van der Waals surface area contributed by atoms with Crippen molar-refractivity contribution in [3.8, 4) is 5.75 Å². The van der Waals surface area contributed by atoms with Crippen LogP contribution in [-0.4, -0.2) is 28.6 Å². The van der Waals surface area contributed by atoms with Crippen molar-refractivity contribution in [3.63, 3.8) is 0 Å². The van der Waals surface area contributed by atoms with E-state index in [1.165, 1.54) is 11.3 Å². The summed E-state index contributed by atoms with van der Waals surface area (Å²) in [6, 6.07) is 7.23. The van der Waals surface area contributed by atoms with Crippen LogP contribution in [0.3, 0.4) is 0 Å². The first-order valence-corrected chi connectivity index (χ1v) is 9.22. The van der Waals surface area contributed by atoms with Gasteiger partial charge >= 0.3 is 0 Å². The molecule has 1 aromatic carbocycles. The van der Waals surface area contributed by atoms with Gasteiger partial charge in [-0.15, -0.1) is 11.3 Å². The SMILES string of the molecule is O=C(NC1CCCCC1CO)c1cccc(OCc2cscn2)c1. The van der Waals surface area contributed by atoms with Crippen LogP contribution in [0.25, 0.3) is 0 Å². The molecule has 0 aliphatic heterocycles. The van der Waals surface area contributed by atoms with Crippen LogP contribution in [0.15, 0.2) is 35.2 Å². The highest BCUT2D eigenvalue weighted by Gasteiger charge is 2.26. The molecule has 1 amide bonds. The number of aliphatic hydroxyl groups is 1. The number of amides is 1. The van der Waals surface area contributed by atoms with Crippen LogP contribution in [0, 0.1) is 5.92 Å². The predicted molar refractivity (Wildman–Crippen MR) is 93.2 cm³/mol. The molecule has 1 aromatic heterocycles. The first-order valence-electron chi connectivity index (χ1n) is 8.28. The number of rotatable bonds is 6. The second-order valence-corrected chi connectivity index (χ2v) is 6.82. The molecule has 2 unspecified atom stereocenters. The lowest BCUT2D eigenvalue weighted by Gasteiger charge is -2.30. The minimum Gasteiger partial charge on any atom is -0.487 e. The fourth-order valence-corrected chi connectivity index (χ4v) is 3.60. The largest absolute Gasteiger partial charge is 0.487 e. The Kier molecular flexibility index (Phi) is 5.82. The van der Waals surface area contributed by atoms with Gasteiger partial charge < -0.3 is 15.2 Å². The number of carbonyl (C=O) groups excluding carboxylic acids is 1. The molecule has 6 heteroatoms. The quantitative estimate of drug-likeness (QED) is 0.843. The third-order valence-corrected chi connectivity index (χ3v) is 5.06. The van der Waals surface area contributed by atoms with Crippen molar-refractivity contribution in [1.29, 1.82) is 0 Å². The Labute approximate surface area is 145 Å². The Bertz CT molecular complexity index is 660. The molecule has 1 aliphatic rings. The molecule has 3 rings (SSSR count). The highest BCUT2D eigenvalue weighted by atomic mass is 32.1. The van der Waals surface area contributed by atoms with Crippen molar-refractivity contribution in [3.05, 3.63) is 46.4 Å². The van der Waals surface area contributed by atoms with Gasteiger partial charge in [-0.1, -0.05) is 18.9 Å². The van der Waals surface area contributed by atoms with Crippen LogP contribution in [0.2, 0.25) is 0 Å². The number of carbonyl (C=O) groups is 1. The summed E-state index contributed by atoms with van der Waals surface area (Å²) in [5.41, 5.74) is 3.22. The Hall–Kier alpha value is -1.92. The fourth-order valence-electron chi connectivity index (χ4n) is 3.06. The van der Waals surface area contributed by atoms with Gasteiger partial charge in [-0.25, -0.2) is 4.98 Å². The summed E-state index contributed by atoms with van der Waals surface area (Å²) < 4.78 is 5.70. The molecule has 24 heavy (non-hydrogen) atoms. The van der Waals surface area contributed by atoms with Gasteiger partial charge in [-0.3, -0.25) is 4.79 Å². The van der Waals surface area contributed by atoms with E-state index in [-0.39, 0.29) is 24.5 Å². The standard InChI is InChI=1S/C18H22N2O3S/c21-9-14-4-1-2-7-17(14)20-18(22)13-5-3-6-16(8-13)23-10-15-11-24-12-19-15/h3,5-6,8,11-12,14,17,21H,1-2,4,7,9-10H2,(H,20,22). The van der Waals surface area contributed by atoms with Crippen LogP contribution in [-0.2, 0) is 6.61 Å². The molecule has 2 aromatic rings. The second kappa shape index (κ2) is 8.26. The zero-order chi connectivity index (χ0) is 16.8. The monoisotopic (exact) mass is 346 g/mol. The maximum Gasteiger partial charge on any atom is 0.251 e. The summed E-state index contributed by atoms with van der Waals surface area (Å²) in [5.74, 6) is 0.698. The third kappa shape index (κ3) is 4.33. The normalized spacial score (nSPS) is 20.5. The van der Waals surface area contributed by atoms with Gasteiger partial charge in [0.2, 0.25) is 0 Å². The van der Waals surface area contributed by atoms with Crippen LogP contribution in [0.4, 0.5) is 0 Å². The number of hydrogen-bond acceptors (Lipinski definition) is 5. The molecule has 1 heterocycles. The van der Waals surface area contributed by atoms with Crippen molar-refractivity contribution >= 4 is 17.2 Å². The van der Waals surface area contributed by atoms with Gasteiger partial charge in [0.1, 0.15) is 12.4 Å². The van der Waals surface area contributed by atoms with Crippen LogP contribution >= 0.6 is 11.3 Å². The smallest absolute Gasteiger partial charge is 0.251 e. The van der Waals surface area contributed by atoms with Crippen molar-refractivity contribution in [2.45, 2.75) is 38.3 Å². The summed E-state index contributed by atoms with van der Waals surface area (Å²) in [4.78, 5) is 16.7. The Morgan fingerprint density at radius 1 is 1.38 bits per heavy atom. The summed E-state index contributed by atoms with van der Waals surface area (Å²) in [6.45, 7) is 0.519. The first kappa shape index (κ1) is 16.9. The number of ether oxygens (including phenoxy) is 1. The topological polar surface area (TPSA) is 71.5 Å². The zero-order valence-corrected chi connectivity index (χ0v) is 14.3. The number of nitrogens with one attached hydrogen (secondary N) is 1. The van der Waals surface area contributed by atoms with E-state index in [1.54, 1.807) is 17.6 Å². The molecular formula is C18H22N2O3S. The van der Waals surface area contributed by atoms with E-state index in [0.717, 1.165) is 31.4 Å². The van der Waals surface area contributed by atoms with Crippen molar-refractivity contribution in [2.24, 2.45) is 5.92 Å². The first-order chi connectivity index (χ1) is 11.8. The Morgan fingerprint density at radius 2 is 2.25 bits per heavy atom. The van der Waals surface area contributed by atoms with E-state index in [9.17, 15) is 9.90 Å². The highest BCUT2D eigenvalue weighted by Crippen LogP contribution is 2.24. The number of benzene rings is 1. The molecule has 2 N–H and O–H groups in total. The van der Waals surface area contributed by atoms with E-state index >= 15 is 0 Å². The number of nitrogens with zero attached hydrogens (tertiary/aromatic N) is 1. The fraction of sp³-hybridized carbons (Fsp3) is 0.444. The van der Waals surface area contributed by atoms with Crippen molar-refractivity contribution in [2.75, 3.05) is 6.61 Å². The van der Waals surface area contributed by atoms with E-state index < -0.39 is 0 Å². The van der Waals surface area contributed by atoms with Gasteiger partial charge in [-0.05, 0) is 31.0 Å². The van der Waals surface area contributed by atoms with E-state index in [2.05, 4.69) is 10.3 Å². The predicted octanol–water partition coefficient (Wildman–Crippen LogP) is 3.00. The molecule has 0 radical (unpaired) electrons. The molecule has 0 spiro atoms. The molecule has 1 fully saturated rings. The Morgan fingerprint density at radius 3 is 3.04 bits per heavy atom. The maximum absolute atomic E-state index is 12.5. The lowest BCUT2D eigenvalue weighted by Crippen LogP contribution is -2.43. The zero-order valence-electron chi connectivity index (χ0n) is 13.5. The van der Waals surface area contributed by atoms with E-state index in [1.807, 2.05) is 17.5 Å². The van der Waals surface area contributed by atoms with E-state index in [0.29, 0.717) is 17.9 Å². The van der Waals surface area contributed by atoms with Crippen LogP contribution < -0.4 is 10.1 Å². The minimum absolute atomic E-state index is 0.0517. The lowest BCUT2D eigenvalue weighted by molar-refractivity contribution is 0.0872. The molecule has 2 atom stereocenters. The number of aromatic nitrogens is 1. The van der Waals surface area contributed by atoms with E-state index in [4.69, 9.17) is 4.74 Å². The summed E-state index contributed by atoms with van der Waals surface area (Å²) in [5, 5.41) is 14.5. The molecule has 5 nitrogen and oxygen atoms in total. The highest BCUT2D eigenvalue weighted by molar-refractivity contribution is 7.07. The molecule has 1 saturated carbocycles. The third-order valence-electron chi connectivity index (χ3n) is 4.43. The number of aliphatic hydroxyl groups excluding tert-OH is 1. The average molecular weight is 346 g/mol. The Balaban J connectivity index is 1.61. The number of thiazole rings is 1. The average Bonchev–Trinajstić information content (AvgIpc) is 3.14. The van der Waals surface area contributed by atoms with Crippen molar-refractivity contribution < 1.29 is 14.6 Å². The molecule has 128 valence electrons. The summed E-state index contributed by atoms with van der Waals surface area (Å²) >= 11 is 1.53. The molecule has 0 saturated heterocycles. The molecule has 1 aliphatic carbocycles. The lowest BCUT2D eigenvalue weighted by atomic mass is 9.85. The minimum atomic E-state index is -0.112. The van der Waals surface area contributed by atoms with Crippen molar-refractivity contribution in [1.82, 2.24) is 10.3 Å². The van der Waals surface area contributed by atoms with Gasteiger partial charge in [0.15, 0.2) is 0 Å². The maximum atomic E-state index is 12.5. The van der Waals surface area contributed by atoms with Gasteiger partial charge in [0, 0.05) is 29.5 Å².